The Kier molecular flexibility index (Phi) is 4.70. The van der Waals surface area contributed by atoms with Crippen LogP contribution >= 0.6 is 0 Å². The molecule has 1 saturated heterocycles. The second-order valence-electron chi connectivity index (χ2n) is 5.34. The van der Waals surface area contributed by atoms with Gasteiger partial charge in [-0.3, -0.25) is 9.69 Å². The van der Waals surface area contributed by atoms with Gasteiger partial charge in [-0.1, -0.05) is 37.3 Å². The number of benzene rings is 1. The molecule has 1 aliphatic heterocycles. The number of alkyl halides is 2. The predicted octanol–water partition coefficient (Wildman–Crippen LogP) is 1.93. The van der Waals surface area contributed by atoms with Gasteiger partial charge in [0.05, 0.1) is 0 Å². The first-order valence-electron chi connectivity index (χ1n) is 6.82. The number of halogens is 2. The zero-order chi connectivity index (χ0) is 14.7. The minimum atomic E-state index is -1.79. The molecule has 0 spiro atoms. The topological polar surface area (TPSA) is 32.3 Å². The zero-order valence-electron chi connectivity index (χ0n) is 11.7. The highest BCUT2D eigenvalue weighted by Gasteiger charge is 2.45. The van der Waals surface area contributed by atoms with Crippen LogP contribution < -0.4 is 5.32 Å². The van der Waals surface area contributed by atoms with E-state index in [4.69, 9.17) is 0 Å². The highest BCUT2D eigenvalue weighted by Crippen LogP contribution is 2.29. The standard InChI is InChI=1S/C15H20F2N2O/c1-10-8-19(9-11-6-4-3-5-7-11)14(15(20)18-2)13(17)12(10)16/h3-7,10,12-14H,8-9H2,1-2H3,(H,18,20)/t10-,12+,13+,14+/m1/s1. The van der Waals surface area contributed by atoms with Crippen LogP contribution in [0.3, 0.4) is 0 Å². The highest BCUT2D eigenvalue weighted by atomic mass is 19.2. The quantitative estimate of drug-likeness (QED) is 0.919. The number of likely N-dealkylation sites (N-methyl/N-ethyl adjacent to an activating group) is 1. The number of nitrogens with one attached hydrogen (secondary N) is 1. The molecule has 110 valence electrons. The lowest BCUT2D eigenvalue weighted by Crippen LogP contribution is -2.60. The molecule has 3 nitrogen and oxygen atoms in total. The van der Waals surface area contributed by atoms with Crippen molar-refractivity contribution >= 4 is 5.91 Å². The number of nitrogens with zero attached hydrogens (tertiary/aromatic N) is 1. The average Bonchev–Trinajstić information content (AvgIpc) is 2.45. The number of carbonyl (C=O) groups is 1. The van der Waals surface area contributed by atoms with Crippen molar-refractivity contribution in [1.82, 2.24) is 10.2 Å². The molecule has 1 heterocycles. The van der Waals surface area contributed by atoms with Gasteiger partial charge in [0.25, 0.3) is 0 Å². The fourth-order valence-corrected chi connectivity index (χ4v) is 2.71. The number of rotatable bonds is 3. The van der Waals surface area contributed by atoms with Crippen LogP contribution in [0.15, 0.2) is 30.3 Å². The van der Waals surface area contributed by atoms with Crippen LogP contribution in [0.2, 0.25) is 0 Å². The summed E-state index contributed by atoms with van der Waals surface area (Å²) in [7, 11) is 1.45. The molecule has 20 heavy (non-hydrogen) atoms. The molecule has 0 bridgehead atoms. The van der Waals surface area contributed by atoms with Crippen molar-refractivity contribution in [3.8, 4) is 0 Å². The van der Waals surface area contributed by atoms with E-state index in [0.29, 0.717) is 13.1 Å². The first-order chi connectivity index (χ1) is 9.54. The summed E-state index contributed by atoms with van der Waals surface area (Å²) >= 11 is 0. The van der Waals surface area contributed by atoms with Crippen LogP contribution in [0, 0.1) is 5.92 Å². The van der Waals surface area contributed by atoms with E-state index in [0.717, 1.165) is 5.56 Å². The molecule has 0 radical (unpaired) electrons. The molecular weight excluding hydrogens is 262 g/mol. The Morgan fingerprint density at radius 3 is 2.55 bits per heavy atom. The molecule has 1 fully saturated rings. The normalized spacial score (nSPS) is 31.0. The SMILES string of the molecule is CNC(=O)[C@@H]1[C@@H](F)[C@@H](F)[C@H](C)CN1Cc1ccccc1. The molecule has 1 aromatic carbocycles. The largest absolute Gasteiger partial charge is 0.358 e. The van der Waals surface area contributed by atoms with Gasteiger partial charge in [0, 0.05) is 26.1 Å². The third-order valence-corrected chi connectivity index (χ3v) is 3.81. The fraction of sp³-hybridized carbons (Fsp3) is 0.533. The maximum Gasteiger partial charge on any atom is 0.240 e. The van der Waals surface area contributed by atoms with E-state index in [9.17, 15) is 13.6 Å². The Hall–Kier alpha value is -1.49. The summed E-state index contributed by atoms with van der Waals surface area (Å²) in [6.45, 7) is 2.49. The minimum Gasteiger partial charge on any atom is -0.358 e. The molecular formula is C15H20F2N2O. The van der Waals surface area contributed by atoms with Gasteiger partial charge in [0.2, 0.25) is 5.91 Å². The molecule has 0 aromatic heterocycles. The van der Waals surface area contributed by atoms with Gasteiger partial charge in [-0.2, -0.15) is 0 Å². The van der Waals surface area contributed by atoms with E-state index in [-0.39, 0.29) is 0 Å². The predicted molar refractivity (Wildman–Crippen MR) is 73.7 cm³/mol. The molecule has 0 unspecified atom stereocenters. The van der Waals surface area contributed by atoms with Crippen molar-refractivity contribution in [3.63, 3.8) is 0 Å². The maximum absolute atomic E-state index is 14.2. The molecule has 0 saturated carbocycles. The smallest absolute Gasteiger partial charge is 0.240 e. The summed E-state index contributed by atoms with van der Waals surface area (Å²) < 4.78 is 28.1. The van der Waals surface area contributed by atoms with Crippen molar-refractivity contribution < 1.29 is 13.6 Å². The Labute approximate surface area is 118 Å². The number of hydrogen-bond donors (Lipinski definition) is 1. The van der Waals surface area contributed by atoms with Crippen molar-refractivity contribution in [2.45, 2.75) is 31.9 Å². The average molecular weight is 282 g/mol. The Morgan fingerprint density at radius 1 is 1.30 bits per heavy atom. The van der Waals surface area contributed by atoms with E-state index in [1.54, 1.807) is 11.8 Å². The van der Waals surface area contributed by atoms with E-state index in [2.05, 4.69) is 5.32 Å². The number of likely N-dealkylation sites (tertiary alicyclic amines) is 1. The summed E-state index contributed by atoms with van der Waals surface area (Å²) in [5.41, 5.74) is 0.984. The summed E-state index contributed by atoms with van der Waals surface area (Å²) in [4.78, 5) is 13.6. The van der Waals surface area contributed by atoms with Gasteiger partial charge in [-0.25, -0.2) is 8.78 Å². The van der Waals surface area contributed by atoms with Crippen molar-refractivity contribution in [1.29, 1.82) is 0 Å². The van der Waals surface area contributed by atoms with Crippen molar-refractivity contribution in [3.05, 3.63) is 35.9 Å². The monoisotopic (exact) mass is 282 g/mol. The molecule has 1 N–H and O–H groups in total. The third-order valence-electron chi connectivity index (χ3n) is 3.81. The fourth-order valence-electron chi connectivity index (χ4n) is 2.71. The Bertz CT molecular complexity index is 454. The molecule has 4 atom stereocenters. The second kappa shape index (κ2) is 6.31. The number of hydrogen-bond acceptors (Lipinski definition) is 2. The first kappa shape index (κ1) is 14.9. The van der Waals surface area contributed by atoms with Gasteiger partial charge >= 0.3 is 0 Å². The second-order valence-corrected chi connectivity index (χ2v) is 5.34. The maximum atomic E-state index is 14.2. The Balaban J connectivity index is 2.20. The number of amides is 1. The summed E-state index contributed by atoms with van der Waals surface area (Å²) in [5, 5.41) is 2.43. The number of carbonyl (C=O) groups excluding carboxylic acids is 1. The lowest BCUT2D eigenvalue weighted by Gasteiger charge is -2.41. The molecule has 0 aliphatic carbocycles. The van der Waals surface area contributed by atoms with Crippen LogP contribution in [0.5, 0.6) is 0 Å². The van der Waals surface area contributed by atoms with Crippen molar-refractivity contribution in [2.24, 2.45) is 5.92 Å². The van der Waals surface area contributed by atoms with E-state index >= 15 is 0 Å². The van der Waals surface area contributed by atoms with Crippen LogP contribution in [0.4, 0.5) is 8.78 Å². The van der Waals surface area contributed by atoms with Gasteiger partial charge < -0.3 is 5.32 Å². The molecule has 1 aliphatic rings. The third kappa shape index (κ3) is 2.98. The first-order valence-corrected chi connectivity index (χ1v) is 6.82. The van der Waals surface area contributed by atoms with E-state index in [1.807, 2.05) is 30.3 Å². The molecule has 2 rings (SSSR count). The van der Waals surface area contributed by atoms with Crippen LogP contribution in [-0.2, 0) is 11.3 Å². The zero-order valence-corrected chi connectivity index (χ0v) is 11.7. The minimum absolute atomic E-state index is 0.370. The van der Waals surface area contributed by atoms with Gasteiger partial charge in [-0.05, 0) is 5.56 Å². The highest BCUT2D eigenvalue weighted by molar-refractivity contribution is 5.82. The summed E-state index contributed by atoms with van der Waals surface area (Å²) in [6.07, 6.45) is -3.38. The van der Waals surface area contributed by atoms with Gasteiger partial charge in [0.1, 0.15) is 12.2 Å². The Morgan fingerprint density at radius 2 is 1.95 bits per heavy atom. The van der Waals surface area contributed by atoms with Gasteiger partial charge in [0.15, 0.2) is 6.17 Å². The molecule has 1 amide bonds. The van der Waals surface area contributed by atoms with Crippen molar-refractivity contribution in [2.75, 3.05) is 13.6 Å². The van der Waals surface area contributed by atoms with E-state index < -0.39 is 30.2 Å². The number of piperidine rings is 1. The van der Waals surface area contributed by atoms with Crippen LogP contribution in [0.1, 0.15) is 12.5 Å². The summed E-state index contributed by atoms with van der Waals surface area (Å²) in [6, 6.07) is 8.45. The summed E-state index contributed by atoms with van der Waals surface area (Å²) in [5.74, 6) is -0.891. The van der Waals surface area contributed by atoms with E-state index in [1.165, 1.54) is 7.05 Å². The van der Waals surface area contributed by atoms with Crippen LogP contribution in [-0.4, -0.2) is 42.8 Å². The lowest BCUT2D eigenvalue weighted by molar-refractivity contribution is -0.135. The lowest BCUT2D eigenvalue weighted by atomic mass is 9.89. The molecule has 5 heteroatoms. The molecule has 1 aromatic rings. The van der Waals surface area contributed by atoms with Gasteiger partial charge in [-0.15, -0.1) is 0 Å². The van der Waals surface area contributed by atoms with Crippen LogP contribution in [0.25, 0.3) is 0 Å².